The molecule has 0 bridgehead atoms. The fourth-order valence-corrected chi connectivity index (χ4v) is 6.46. The van der Waals surface area contributed by atoms with Gasteiger partial charge in [0, 0.05) is 41.8 Å². The van der Waals surface area contributed by atoms with Gasteiger partial charge >= 0.3 is 0 Å². The van der Waals surface area contributed by atoms with E-state index in [1.54, 1.807) is 48.7 Å². The van der Waals surface area contributed by atoms with Crippen molar-refractivity contribution in [2.24, 2.45) is 5.73 Å². The Balaban J connectivity index is 1.37. The van der Waals surface area contributed by atoms with Gasteiger partial charge in [0.15, 0.2) is 21.6 Å². The van der Waals surface area contributed by atoms with Crippen LogP contribution < -0.4 is 25.4 Å². The van der Waals surface area contributed by atoms with Crippen LogP contribution in [0.2, 0.25) is 0 Å². The van der Waals surface area contributed by atoms with Crippen molar-refractivity contribution in [3.8, 4) is 17.6 Å². The van der Waals surface area contributed by atoms with Crippen molar-refractivity contribution in [2.75, 3.05) is 30.2 Å². The van der Waals surface area contributed by atoms with E-state index in [2.05, 4.69) is 26.6 Å². The molecule has 0 saturated carbocycles. The van der Waals surface area contributed by atoms with Crippen molar-refractivity contribution >= 4 is 45.6 Å². The number of hydrogen-bond donors (Lipinski definition) is 2. The van der Waals surface area contributed by atoms with Gasteiger partial charge in [-0.25, -0.2) is 0 Å². The Kier molecular flexibility index (Phi) is 7.99. The zero-order valence-corrected chi connectivity index (χ0v) is 23.3. The first-order valence-corrected chi connectivity index (χ1v) is 14.1. The van der Waals surface area contributed by atoms with E-state index in [1.165, 1.54) is 30.2 Å². The Morgan fingerprint density at radius 3 is 2.80 bits per heavy atom. The lowest BCUT2D eigenvalue weighted by molar-refractivity contribution is -0.116. The molecule has 3 N–H and O–H groups in total. The smallest absolute Gasteiger partial charge is 0.234 e. The second-order valence-corrected chi connectivity index (χ2v) is 11.0. The number of benzene rings is 1. The molecule has 204 valence electrons. The number of thioether (sulfide) groups is 1. The number of rotatable bonds is 8. The average Bonchev–Trinajstić information content (AvgIpc) is 3.44. The van der Waals surface area contributed by atoms with E-state index < -0.39 is 5.92 Å². The summed E-state index contributed by atoms with van der Waals surface area (Å²) in [6.45, 7) is 0. The van der Waals surface area contributed by atoms with Crippen LogP contribution in [0.15, 0.2) is 69.7 Å². The van der Waals surface area contributed by atoms with Crippen LogP contribution in [0.1, 0.15) is 30.7 Å². The third kappa shape index (κ3) is 5.23. The van der Waals surface area contributed by atoms with Gasteiger partial charge in [0.2, 0.25) is 11.0 Å². The summed E-state index contributed by atoms with van der Waals surface area (Å²) in [5, 5.41) is 21.9. The van der Waals surface area contributed by atoms with E-state index in [1.807, 2.05) is 6.07 Å². The topological polar surface area (TPSA) is 156 Å². The van der Waals surface area contributed by atoms with Gasteiger partial charge < -0.3 is 20.5 Å². The number of methoxy groups -OCH3 is 2. The molecule has 1 unspecified atom stereocenters. The molecule has 2 aromatic heterocycles. The Bertz CT molecular complexity index is 1560. The minimum absolute atomic E-state index is 0.0219. The third-order valence-corrected chi connectivity index (χ3v) is 8.55. The number of pyridine rings is 1. The van der Waals surface area contributed by atoms with E-state index in [-0.39, 0.29) is 28.8 Å². The van der Waals surface area contributed by atoms with Crippen LogP contribution in [0.4, 0.5) is 10.8 Å². The van der Waals surface area contributed by atoms with Gasteiger partial charge in [-0.3, -0.25) is 19.5 Å². The lowest BCUT2D eigenvalue weighted by Gasteiger charge is -2.37. The van der Waals surface area contributed by atoms with Crippen LogP contribution in [-0.4, -0.2) is 46.8 Å². The maximum Gasteiger partial charge on any atom is 0.234 e. The van der Waals surface area contributed by atoms with Crippen LogP contribution >= 0.6 is 23.1 Å². The zero-order valence-electron chi connectivity index (χ0n) is 21.7. The number of nitriles is 1. The number of anilines is 2. The van der Waals surface area contributed by atoms with Crippen molar-refractivity contribution in [3.05, 3.63) is 71.0 Å². The molecule has 0 radical (unpaired) electrons. The summed E-state index contributed by atoms with van der Waals surface area (Å²) in [5.74, 6) is 0.528. The second-order valence-electron chi connectivity index (χ2n) is 8.86. The molecule has 1 amide bonds. The highest BCUT2D eigenvalue weighted by Gasteiger charge is 2.41. The van der Waals surface area contributed by atoms with Gasteiger partial charge in [0.25, 0.3) is 0 Å². The number of aromatic nitrogens is 3. The molecule has 0 saturated heterocycles. The molecule has 3 heterocycles. The molecule has 2 aliphatic rings. The number of allylic oxidation sites excluding steroid dienone is 3. The summed E-state index contributed by atoms with van der Waals surface area (Å²) in [6, 6.07) is 11.0. The standard InChI is InChI=1S/C27H25N7O4S2/c1-37-20-9-8-16(11-21(20)38-2)31-22(36)14-39-27-33-32-26(40-27)34-18-6-3-7-19(35)24(18)23(17(12-28)25(34)29)15-5-4-10-30-13-15/h4-5,8-11,13,23H,3,6-7,14,29H2,1-2H3,(H,31,36). The van der Waals surface area contributed by atoms with E-state index in [9.17, 15) is 14.9 Å². The molecule has 5 rings (SSSR count). The summed E-state index contributed by atoms with van der Waals surface area (Å²) >= 11 is 2.46. The minimum Gasteiger partial charge on any atom is -0.493 e. The highest BCUT2D eigenvalue weighted by Crippen LogP contribution is 2.47. The summed E-state index contributed by atoms with van der Waals surface area (Å²) in [5.41, 5.74) is 9.41. The molecule has 13 heteroatoms. The molecule has 0 spiro atoms. The van der Waals surface area contributed by atoms with E-state index in [4.69, 9.17) is 15.2 Å². The van der Waals surface area contributed by atoms with Crippen molar-refractivity contribution < 1.29 is 19.1 Å². The largest absolute Gasteiger partial charge is 0.493 e. The molecule has 11 nitrogen and oxygen atoms in total. The zero-order chi connectivity index (χ0) is 28.2. The van der Waals surface area contributed by atoms with E-state index >= 15 is 0 Å². The number of amides is 1. The molecule has 1 aliphatic carbocycles. The molecular weight excluding hydrogens is 550 g/mol. The molecular formula is C27H25N7O4S2. The van der Waals surface area contributed by atoms with Crippen molar-refractivity contribution in [1.29, 1.82) is 5.26 Å². The molecule has 40 heavy (non-hydrogen) atoms. The lowest BCUT2D eigenvalue weighted by atomic mass is 9.76. The van der Waals surface area contributed by atoms with Crippen LogP contribution in [0.25, 0.3) is 0 Å². The maximum absolute atomic E-state index is 13.2. The first kappa shape index (κ1) is 27.2. The first-order chi connectivity index (χ1) is 19.4. The molecule has 1 atom stereocenters. The predicted molar refractivity (Wildman–Crippen MR) is 151 cm³/mol. The summed E-state index contributed by atoms with van der Waals surface area (Å²) < 4.78 is 11.1. The number of hydrogen-bond acceptors (Lipinski definition) is 12. The van der Waals surface area contributed by atoms with Gasteiger partial charge in [-0.05, 0) is 36.6 Å². The number of Topliss-reactive ketones (excluding diaryl/α,β-unsaturated/α-hetero) is 1. The summed E-state index contributed by atoms with van der Waals surface area (Å²) in [6.07, 6.45) is 4.97. The van der Waals surface area contributed by atoms with Crippen LogP contribution in [0.3, 0.4) is 0 Å². The normalized spacial score (nSPS) is 16.9. The van der Waals surface area contributed by atoms with Crippen molar-refractivity contribution in [3.63, 3.8) is 0 Å². The van der Waals surface area contributed by atoms with Crippen molar-refractivity contribution in [1.82, 2.24) is 15.2 Å². The van der Waals surface area contributed by atoms with Gasteiger partial charge in [-0.1, -0.05) is 29.2 Å². The van der Waals surface area contributed by atoms with Gasteiger partial charge in [0.1, 0.15) is 5.82 Å². The Morgan fingerprint density at radius 2 is 2.08 bits per heavy atom. The number of carbonyl (C=O) groups is 2. The third-order valence-electron chi connectivity index (χ3n) is 6.51. The van der Waals surface area contributed by atoms with Crippen LogP contribution in [0.5, 0.6) is 11.5 Å². The van der Waals surface area contributed by atoms with E-state index in [0.717, 1.165) is 11.3 Å². The van der Waals surface area contributed by atoms with Crippen molar-refractivity contribution in [2.45, 2.75) is 29.5 Å². The highest BCUT2D eigenvalue weighted by molar-refractivity contribution is 8.01. The molecule has 1 aromatic carbocycles. The average molecular weight is 576 g/mol. The predicted octanol–water partition coefficient (Wildman–Crippen LogP) is 3.99. The quantitative estimate of drug-likeness (QED) is 0.374. The number of nitrogens with one attached hydrogen (secondary N) is 1. The number of nitrogens with zero attached hydrogens (tertiary/aromatic N) is 5. The van der Waals surface area contributed by atoms with Crippen LogP contribution in [-0.2, 0) is 9.59 Å². The highest BCUT2D eigenvalue weighted by atomic mass is 32.2. The number of carbonyl (C=O) groups excluding carboxylic acids is 2. The molecule has 1 aliphatic heterocycles. The Morgan fingerprint density at radius 1 is 1.25 bits per heavy atom. The van der Waals surface area contributed by atoms with Crippen LogP contribution in [0, 0.1) is 11.3 Å². The monoisotopic (exact) mass is 575 g/mol. The SMILES string of the molecule is COc1ccc(NC(=O)CSc2nnc(N3C(N)=C(C#N)C(c4cccnc4)C4=C3CCCC4=O)s2)cc1OC. The van der Waals surface area contributed by atoms with E-state index in [0.29, 0.717) is 51.5 Å². The number of nitrogens with two attached hydrogens (primary N) is 1. The molecule has 3 aromatic rings. The fraction of sp³-hybridized carbons (Fsp3) is 0.259. The second kappa shape index (κ2) is 11.8. The molecule has 0 fully saturated rings. The van der Waals surface area contributed by atoms with Gasteiger partial charge in [0.05, 0.1) is 37.5 Å². The van der Waals surface area contributed by atoms with Gasteiger partial charge in [-0.15, -0.1) is 10.2 Å². The fourth-order valence-electron chi connectivity index (χ4n) is 4.77. The lowest BCUT2D eigenvalue weighted by Crippen LogP contribution is -2.38. The summed E-state index contributed by atoms with van der Waals surface area (Å²) in [7, 11) is 3.07. The minimum atomic E-state index is -0.584. The number of ketones is 1. The summed E-state index contributed by atoms with van der Waals surface area (Å²) in [4.78, 5) is 31.7. The maximum atomic E-state index is 13.2. The van der Waals surface area contributed by atoms with Gasteiger partial charge in [-0.2, -0.15) is 5.26 Å². The Labute approximate surface area is 238 Å². The Hall–Kier alpha value is -4.41. The first-order valence-electron chi connectivity index (χ1n) is 12.3. The number of ether oxygens (including phenoxy) is 2.